The van der Waals surface area contributed by atoms with Crippen LogP contribution in [0.4, 0.5) is 10.5 Å². The van der Waals surface area contributed by atoms with Gasteiger partial charge in [0.25, 0.3) is 0 Å². The molecule has 2 aliphatic heterocycles. The van der Waals surface area contributed by atoms with Gasteiger partial charge in [-0.3, -0.25) is 4.79 Å². The fraction of sp³-hybridized carbons (Fsp3) is 0.500. The van der Waals surface area contributed by atoms with E-state index in [0.717, 1.165) is 6.42 Å². The highest BCUT2D eigenvalue weighted by atomic mass is 35.5. The van der Waals surface area contributed by atoms with Crippen LogP contribution < -0.4 is 5.32 Å². The summed E-state index contributed by atoms with van der Waals surface area (Å²) in [6.45, 7) is 2.91. The fourth-order valence-electron chi connectivity index (χ4n) is 3.02. The number of hydrogen-bond acceptors (Lipinski definition) is 3. The summed E-state index contributed by atoms with van der Waals surface area (Å²) in [7, 11) is 0. The quantitative estimate of drug-likeness (QED) is 0.900. The molecule has 23 heavy (non-hydrogen) atoms. The van der Waals surface area contributed by atoms with Crippen molar-refractivity contribution in [1.29, 1.82) is 0 Å². The van der Waals surface area contributed by atoms with Gasteiger partial charge >= 0.3 is 6.03 Å². The molecule has 6 nitrogen and oxygen atoms in total. The van der Waals surface area contributed by atoms with Gasteiger partial charge in [-0.15, -0.1) is 0 Å². The molecule has 3 amide bonds. The lowest BCUT2D eigenvalue weighted by Crippen LogP contribution is -2.51. The molecule has 0 bridgehead atoms. The van der Waals surface area contributed by atoms with Gasteiger partial charge in [-0.05, 0) is 31.0 Å². The molecular formula is C16H20ClN3O3. The van der Waals surface area contributed by atoms with Gasteiger partial charge in [-0.1, -0.05) is 17.7 Å². The van der Waals surface area contributed by atoms with Crippen LogP contribution in [0, 0.1) is 0 Å². The van der Waals surface area contributed by atoms with Crippen LogP contribution in [0.25, 0.3) is 0 Å². The molecule has 7 heteroatoms. The first kappa shape index (κ1) is 16.1. The van der Waals surface area contributed by atoms with E-state index in [4.69, 9.17) is 16.3 Å². The van der Waals surface area contributed by atoms with E-state index in [2.05, 4.69) is 5.32 Å². The van der Waals surface area contributed by atoms with E-state index in [0.29, 0.717) is 50.0 Å². The van der Waals surface area contributed by atoms with Crippen molar-refractivity contribution in [2.24, 2.45) is 0 Å². The second-order valence-electron chi connectivity index (χ2n) is 5.73. The average Bonchev–Trinajstić information content (AvgIpc) is 3.05. The van der Waals surface area contributed by atoms with E-state index in [1.54, 1.807) is 34.1 Å². The van der Waals surface area contributed by atoms with Gasteiger partial charge in [0.15, 0.2) is 0 Å². The molecule has 0 aromatic heterocycles. The molecule has 0 radical (unpaired) electrons. The molecule has 3 rings (SSSR count). The Kier molecular flexibility index (Phi) is 5.03. The number of likely N-dealkylation sites (tertiary alicyclic amines) is 1. The van der Waals surface area contributed by atoms with Crippen LogP contribution in [0.2, 0.25) is 5.02 Å². The van der Waals surface area contributed by atoms with E-state index >= 15 is 0 Å². The van der Waals surface area contributed by atoms with Crippen molar-refractivity contribution in [3.63, 3.8) is 0 Å². The van der Waals surface area contributed by atoms with Crippen LogP contribution in [-0.4, -0.2) is 60.6 Å². The number of nitrogens with one attached hydrogen (secondary N) is 1. The van der Waals surface area contributed by atoms with E-state index in [9.17, 15) is 9.59 Å². The number of carbonyl (C=O) groups is 2. The monoisotopic (exact) mass is 337 g/mol. The summed E-state index contributed by atoms with van der Waals surface area (Å²) < 4.78 is 5.28. The number of morpholine rings is 1. The lowest BCUT2D eigenvalue weighted by molar-refractivity contribution is -0.139. The smallest absolute Gasteiger partial charge is 0.322 e. The first-order chi connectivity index (χ1) is 11.1. The molecule has 2 heterocycles. The minimum Gasteiger partial charge on any atom is -0.378 e. The number of benzene rings is 1. The minimum absolute atomic E-state index is 0.0204. The van der Waals surface area contributed by atoms with Gasteiger partial charge in [0, 0.05) is 30.3 Å². The van der Waals surface area contributed by atoms with Crippen molar-refractivity contribution in [2.75, 3.05) is 38.2 Å². The maximum absolute atomic E-state index is 12.6. The Labute approximate surface area is 140 Å². The number of hydrogen-bond donors (Lipinski definition) is 1. The number of amides is 3. The average molecular weight is 338 g/mol. The topological polar surface area (TPSA) is 61.9 Å². The predicted octanol–water partition coefficient (Wildman–Crippen LogP) is 2.20. The van der Waals surface area contributed by atoms with Crippen LogP contribution in [0.15, 0.2) is 24.3 Å². The van der Waals surface area contributed by atoms with Crippen LogP contribution >= 0.6 is 11.6 Å². The third kappa shape index (κ3) is 3.76. The molecule has 0 spiro atoms. The largest absolute Gasteiger partial charge is 0.378 e. The minimum atomic E-state index is -0.382. The van der Waals surface area contributed by atoms with Crippen LogP contribution in [0.1, 0.15) is 12.8 Å². The summed E-state index contributed by atoms with van der Waals surface area (Å²) in [4.78, 5) is 28.6. The maximum atomic E-state index is 12.6. The van der Waals surface area contributed by atoms with Crippen molar-refractivity contribution >= 4 is 29.2 Å². The molecule has 0 unspecified atom stereocenters. The number of anilines is 1. The van der Waals surface area contributed by atoms with E-state index < -0.39 is 0 Å². The molecule has 2 saturated heterocycles. The predicted molar refractivity (Wildman–Crippen MR) is 87.6 cm³/mol. The summed E-state index contributed by atoms with van der Waals surface area (Å²) in [6, 6.07) is 6.35. The van der Waals surface area contributed by atoms with Gasteiger partial charge in [0.2, 0.25) is 5.91 Å². The summed E-state index contributed by atoms with van der Waals surface area (Å²) >= 11 is 5.93. The molecule has 1 N–H and O–H groups in total. The molecule has 124 valence electrons. The number of nitrogens with zero attached hydrogens (tertiary/aromatic N) is 2. The molecule has 1 atom stereocenters. The van der Waals surface area contributed by atoms with Gasteiger partial charge in [0.1, 0.15) is 6.04 Å². The number of carbonyl (C=O) groups excluding carboxylic acids is 2. The molecule has 0 saturated carbocycles. The van der Waals surface area contributed by atoms with Crippen molar-refractivity contribution in [1.82, 2.24) is 9.80 Å². The van der Waals surface area contributed by atoms with Crippen LogP contribution in [0.3, 0.4) is 0 Å². The van der Waals surface area contributed by atoms with Crippen LogP contribution in [0.5, 0.6) is 0 Å². The highest BCUT2D eigenvalue weighted by Crippen LogP contribution is 2.22. The third-order valence-electron chi connectivity index (χ3n) is 4.20. The molecular weight excluding hydrogens is 318 g/mol. The van der Waals surface area contributed by atoms with Gasteiger partial charge in [0.05, 0.1) is 13.2 Å². The van der Waals surface area contributed by atoms with Crippen molar-refractivity contribution in [3.05, 3.63) is 29.3 Å². The highest BCUT2D eigenvalue weighted by Gasteiger charge is 2.37. The lowest BCUT2D eigenvalue weighted by Gasteiger charge is -2.32. The summed E-state index contributed by atoms with van der Waals surface area (Å²) in [5.74, 6) is 0.0204. The van der Waals surface area contributed by atoms with Crippen molar-refractivity contribution in [3.8, 4) is 0 Å². The Morgan fingerprint density at radius 2 is 2.00 bits per heavy atom. The number of urea groups is 1. The lowest BCUT2D eigenvalue weighted by atomic mass is 10.2. The Morgan fingerprint density at radius 3 is 2.74 bits per heavy atom. The third-order valence-corrected chi connectivity index (χ3v) is 4.43. The van der Waals surface area contributed by atoms with Gasteiger partial charge in [-0.25, -0.2) is 4.79 Å². The van der Waals surface area contributed by atoms with Crippen molar-refractivity contribution in [2.45, 2.75) is 18.9 Å². The number of ether oxygens (including phenoxy) is 1. The van der Waals surface area contributed by atoms with Crippen molar-refractivity contribution < 1.29 is 14.3 Å². The Bertz CT molecular complexity index is 590. The Hall–Kier alpha value is -1.79. The summed E-state index contributed by atoms with van der Waals surface area (Å²) in [5, 5.41) is 3.38. The van der Waals surface area contributed by atoms with Gasteiger partial charge in [-0.2, -0.15) is 0 Å². The Balaban J connectivity index is 1.65. The molecule has 1 aromatic rings. The molecule has 0 aliphatic carbocycles. The first-order valence-electron chi connectivity index (χ1n) is 7.85. The normalized spacial score (nSPS) is 21.3. The zero-order valence-corrected chi connectivity index (χ0v) is 13.6. The molecule has 2 aliphatic rings. The summed E-state index contributed by atoms with van der Waals surface area (Å²) in [5.41, 5.74) is 0.631. The van der Waals surface area contributed by atoms with Gasteiger partial charge < -0.3 is 19.9 Å². The molecule has 1 aromatic carbocycles. The standard InChI is InChI=1S/C16H20ClN3O3/c17-12-3-1-4-13(11-12)18-16(22)20-6-2-5-14(20)15(21)19-7-9-23-10-8-19/h1,3-4,11,14H,2,5-10H2,(H,18,22)/t14-/m0/s1. The fourth-order valence-corrected chi connectivity index (χ4v) is 3.21. The van der Waals surface area contributed by atoms with E-state index in [1.165, 1.54) is 0 Å². The molecule has 2 fully saturated rings. The maximum Gasteiger partial charge on any atom is 0.322 e. The first-order valence-corrected chi connectivity index (χ1v) is 8.22. The second kappa shape index (κ2) is 7.19. The Morgan fingerprint density at radius 1 is 1.22 bits per heavy atom. The van der Waals surface area contributed by atoms with E-state index in [-0.39, 0.29) is 18.0 Å². The number of halogens is 1. The summed E-state index contributed by atoms with van der Waals surface area (Å²) in [6.07, 6.45) is 1.54. The zero-order valence-electron chi connectivity index (χ0n) is 12.8. The SMILES string of the molecule is O=C([C@@H]1CCCN1C(=O)Nc1cccc(Cl)c1)N1CCOCC1. The second-order valence-corrected chi connectivity index (χ2v) is 6.17. The highest BCUT2D eigenvalue weighted by molar-refractivity contribution is 6.30. The van der Waals surface area contributed by atoms with Crippen LogP contribution in [-0.2, 0) is 9.53 Å². The van der Waals surface area contributed by atoms with E-state index in [1.807, 2.05) is 0 Å². The number of rotatable bonds is 2. The zero-order chi connectivity index (χ0) is 16.2.